The zero-order chi connectivity index (χ0) is 16.1. The first-order valence-corrected chi connectivity index (χ1v) is 7.17. The zero-order valence-corrected chi connectivity index (χ0v) is 13.0. The highest BCUT2D eigenvalue weighted by Gasteiger charge is 2.24. The normalized spacial score (nSPS) is 12.0. The van der Waals surface area contributed by atoms with E-state index in [4.69, 9.17) is 0 Å². The second kappa shape index (κ2) is 7.02. The lowest BCUT2D eigenvalue weighted by Crippen LogP contribution is -2.42. The molecule has 0 fully saturated rings. The summed E-state index contributed by atoms with van der Waals surface area (Å²) < 4.78 is 13.2. The van der Waals surface area contributed by atoms with Crippen molar-refractivity contribution < 1.29 is 9.18 Å². The second-order valence-corrected chi connectivity index (χ2v) is 5.46. The highest BCUT2D eigenvalue weighted by Crippen LogP contribution is 2.27. The highest BCUT2D eigenvalue weighted by molar-refractivity contribution is 5.75. The van der Waals surface area contributed by atoms with Crippen LogP contribution in [0.1, 0.15) is 31.0 Å². The average molecular weight is 301 g/mol. The van der Waals surface area contributed by atoms with E-state index in [0.717, 1.165) is 11.1 Å². The van der Waals surface area contributed by atoms with Crippen LogP contribution in [0.3, 0.4) is 0 Å². The van der Waals surface area contributed by atoms with Crippen LogP contribution in [0.15, 0.2) is 48.8 Å². The Morgan fingerprint density at radius 3 is 2.41 bits per heavy atom. The van der Waals surface area contributed by atoms with Crippen molar-refractivity contribution in [3.63, 3.8) is 0 Å². The van der Waals surface area contributed by atoms with Gasteiger partial charge in [0.2, 0.25) is 0 Å². The molecule has 1 N–H and O–H groups in total. The summed E-state index contributed by atoms with van der Waals surface area (Å²) in [7, 11) is 1.72. The van der Waals surface area contributed by atoms with Crippen molar-refractivity contribution in [2.45, 2.75) is 25.9 Å². The number of amides is 2. The van der Waals surface area contributed by atoms with E-state index in [0.29, 0.717) is 0 Å². The molecule has 0 aliphatic carbocycles. The third-order valence-electron chi connectivity index (χ3n) is 3.31. The van der Waals surface area contributed by atoms with Gasteiger partial charge in [0.25, 0.3) is 0 Å². The molecule has 22 heavy (non-hydrogen) atoms. The molecule has 2 aromatic rings. The predicted molar refractivity (Wildman–Crippen MR) is 83.9 cm³/mol. The topological polar surface area (TPSA) is 45.2 Å². The summed E-state index contributed by atoms with van der Waals surface area (Å²) in [6.45, 7) is 3.81. The van der Waals surface area contributed by atoms with Crippen LogP contribution in [0.5, 0.6) is 0 Å². The molecule has 5 heteroatoms. The number of benzene rings is 1. The third kappa shape index (κ3) is 3.81. The van der Waals surface area contributed by atoms with Crippen LogP contribution in [0.2, 0.25) is 0 Å². The van der Waals surface area contributed by atoms with Gasteiger partial charge in [0.15, 0.2) is 0 Å². The number of halogens is 1. The maximum atomic E-state index is 13.2. The van der Waals surface area contributed by atoms with Crippen LogP contribution in [-0.4, -0.2) is 29.0 Å². The molecule has 1 aromatic carbocycles. The lowest BCUT2D eigenvalue weighted by Gasteiger charge is -2.29. The Morgan fingerprint density at radius 1 is 1.18 bits per heavy atom. The summed E-state index contributed by atoms with van der Waals surface area (Å²) in [6.07, 6.45) is 3.40. The smallest absolute Gasteiger partial charge is 0.318 e. The van der Waals surface area contributed by atoms with Crippen molar-refractivity contribution in [1.82, 2.24) is 15.2 Å². The van der Waals surface area contributed by atoms with E-state index >= 15 is 0 Å². The molecule has 0 aliphatic heterocycles. The number of nitrogens with zero attached hydrogens (tertiary/aromatic N) is 2. The Hall–Kier alpha value is -2.43. The molecule has 0 saturated heterocycles. The second-order valence-electron chi connectivity index (χ2n) is 5.46. The molecular weight excluding hydrogens is 281 g/mol. The molecule has 1 heterocycles. The van der Waals surface area contributed by atoms with Crippen molar-refractivity contribution in [1.29, 1.82) is 0 Å². The van der Waals surface area contributed by atoms with Gasteiger partial charge in [-0.1, -0.05) is 18.2 Å². The van der Waals surface area contributed by atoms with Gasteiger partial charge in [-0.3, -0.25) is 4.98 Å². The molecule has 0 aliphatic rings. The Labute approximate surface area is 130 Å². The summed E-state index contributed by atoms with van der Waals surface area (Å²) in [5, 5.41) is 2.87. The molecule has 1 atom stereocenters. The minimum Gasteiger partial charge on any atom is -0.336 e. The first-order valence-electron chi connectivity index (χ1n) is 7.17. The summed E-state index contributed by atoms with van der Waals surface area (Å²) >= 11 is 0. The molecule has 0 unspecified atom stereocenters. The molecule has 116 valence electrons. The van der Waals surface area contributed by atoms with Crippen molar-refractivity contribution in [2.75, 3.05) is 7.05 Å². The lowest BCUT2D eigenvalue weighted by atomic mass is 9.99. The van der Waals surface area contributed by atoms with Crippen molar-refractivity contribution in [3.8, 4) is 0 Å². The van der Waals surface area contributed by atoms with Crippen molar-refractivity contribution >= 4 is 6.03 Å². The highest BCUT2D eigenvalue weighted by atomic mass is 19.1. The molecule has 0 saturated carbocycles. The third-order valence-corrected chi connectivity index (χ3v) is 3.31. The Balaban J connectivity index is 2.37. The minimum atomic E-state index is -0.326. The molecule has 2 amide bonds. The first-order chi connectivity index (χ1) is 10.5. The number of carbonyl (C=O) groups is 1. The fraction of sp³-hybridized carbons (Fsp3) is 0.294. The molecule has 4 nitrogen and oxygen atoms in total. The van der Waals surface area contributed by atoms with Crippen LogP contribution in [0.4, 0.5) is 9.18 Å². The van der Waals surface area contributed by atoms with Gasteiger partial charge in [-0.15, -0.1) is 0 Å². The monoisotopic (exact) mass is 301 g/mol. The molecule has 0 spiro atoms. The van der Waals surface area contributed by atoms with Crippen LogP contribution >= 0.6 is 0 Å². The van der Waals surface area contributed by atoms with E-state index in [2.05, 4.69) is 10.3 Å². The average Bonchev–Trinajstić information content (AvgIpc) is 2.50. The van der Waals surface area contributed by atoms with E-state index in [9.17, 15) is 9.18 Å². The molecular formula is C17H20FN3O. The van der Waals surface area contributed by atoms with Crippen LogP contribution in [0, 0.1) is 5.82 Å². The van der Waals surface area contributed by atoms with Gasteiger partial charge in [0.05, 0.1) is 6.04 Å². The van der Waals surface area contributed by atoms with Gasteiger partial charge < -0.3 is 10.2 Å². The fourth-order valence-electron chi connectivity index (χ4n) is 2.29. The SMILES string of the molecule is CC(C)NC(=O)N(C)[C@H](c1ccc(F)cc1)c1cccnc1. The number of urea groups is 1. The number of hydrogen-bond donors (Lipinski definition) is 1. The van der Waals surface area contributed by atoms with Crippen molar-refractivity contribution in [2.24, 2.45) is 0 Å². The van der Waals surface area contributed by atoms with E-state index in [1.165, 1.54) is 12.1 Å². The van der Waals surface area contributed by atoms with E-state index < -0.39 is 0 Å². The molecule has 1 aromatic heterocycles. The molecule has 0 radical (unpaired) electrons. The quantitative estimate of drug-likeness (QED) is 0.941. The summed E-state index contributed by atoms with van der Waals surface area (Å²) in [4.78, 5) is 18.0. The maximum absolute atomic E-state index is 13.2. The molecule has 2 rings (SSSR count). The largest absolute Gasteiger partial charge is 0.336 e. The van der Waals surface area contributed by atoms with Crippen LogP contribution < -0.4 is 5.32 Å². The number of hydrogen-bond acceptors (Lipinski definition) is 2. The van der Waals surface area contributed by atoms with E-state index in [1.807, 2.05) is 26.0 Å². The van der Waals surface area contributed by atoms with E-state index in [1.54, 1.807) is 36.5 Å². The van der Waals surface area contributed by atoms with Crippen LogP contribution in [0.25, 0.3) is 0 Å². The molecule has 0 bridgehead atoms. The lowest BCUT2D eigenvalue weighted by molar-refractivity contribution is 0.195. The predicted octanol–water partition coefficient (Wildman–Crippen LogP) is 3.36. The van der Waals surface area contributed by atoms with Gasteiger partial charge in [-0.05, 0) is 43.2 Å². The number of rotatable bonds is 4. The number of carbonyl (C=O) groups excluding carboxylic acids is 1. The summed E-state index contributed by atoms with van der Waals surface area (Å²) in [5.74, 6) is -0.303. The van der Waals surface area contributed by atoms with Gasteiger partial charge in [0.1, 0.15) is 5.82 Å². The Kier molecular flexibility index (Phi) is 5.09. The summed E-state index contributed by atoms with van der Waals surface area (Å²) in [6, 6.07) is 9.41. The first kappa shape index (κ1) is 15.9. The van der Waals surface area contributed by atoms with Gasteiger partial charge in [0, 0.05) is 25.5 Å². The van der Waals surface area contributed by atoms with E-state index in [-0.39, 0.29) is 23.9 Å². The number of nitrogens with one attached hydrogen (secondary N) is 1. The van der Waals surface area contributed by atoms with Crippen LogP contribution in [-0.2, 0) is 0 Å². The minimum absolute atomic E-state index is 0.0396. The van der Waals surface area contributed by atoms with Gasteiger partial charge in [-0.25, -0.2) is 9.18 Å². The Morgan fingerprint density at radius 2 is 1.86 bits per heavy atom. The maximum Gasteiger partial charge on any atom is 0.318 e. The number of aromatic nitrogens is 1. The Bertz CT molecular complexity index is 614. The number of pyridine rings is 1. The summed E-state index contributed by atoms with van der Waals surface area (Å²) in [5.41, 5.74) is 1.70. The zero-order valence-electron chi connectivity index (χ0n) is 13.0. The standard InChI is InChI=1S/C17H20FN3O/c1-12(2)20-17(22)21(3)16(14-5-4-10-19-11-14)13-6-8-15(18)9-7-13/h4-12,16H,1-3H3,(H,20,22)/t16-/m1/s1. The van der Waals surface area contributed by atoms with Gasteiger partial charge >= 0.3 is 6.03 Å². The van der Waals surface area contributed by atoms with Crippen molar-refractivity contribution in [3.05, 3.63) is 65.7 Å². The van der Waals surface area contributed by atoms with Gasteiger partial charge in [-0.2, -0.15) is 0 Å². The fourth-order valence-corrected chi connectivity index (χ4v) is 2.29.